The Hall–Kier alpha value is -1.17. The lowest BCUT2D eigenvalue weighted by Gasteiger charge is -2.34. The summed E-state index contributed by atoms with van der Waals surface area (Å²) in [6.07, 6.45) is 2.68. The van der Waals surface area contributed by atoms with Gasteiger partial charge in [0.2, 0.25) is 0 Å². The maximum atomic E-state index is 9.78. The minimum atomic E-state index is -0.142. The van der Waals surface area contributed by atoms with Crippen molar-refractivity contribution in [3.8, 4) is 0 Å². The van der Waals surface area contributed by atoms with E-state index in [1.807, 2.05) is 13.2 Å². The van der Waals surface area contributed by atoms with Gasteiger partial charge in [-0.1, -0.05) is 13.0 Å². The van der Waals surface area contributed by atoms with Gasteiger partial charge in [0.25, 0.3) is 0 Å². The summed E-state index contributed by atoms with van der Waals surface area (Å²) >= 11 is 0. The normalized spacial score (nSPS) is 23.2. The lowest BCUT2D eigenvalue weighted by molar-refractivity contribution is 0.0320. The summed E-state index contributed by atoms with van der Waals surface area (Å²) in [4.78, 5) is 9.01. The van der Waals surface area contributed by atoms with Crippen LogP contribution < -0.4 is 4.90 Å². The van der Waals surface area contributed by atoms with Crippen LogP contribution in [-0.2, 0) is 11.3 Å². The van der Waals surface area contributed by atoms with Gasteiger partial charge in [-0.3, -0.25) is 4.90 Å². The number of piperidine rings is 1. The molecule has 1 fully saturated rings. The summed E-state index contributed by atoms with van der Waals surface area (Å²) in [7, 11) is 3.73. The second-order valence-electron chi connectivity index (χ2n) is 6.01. The van der Waals surface area contributed by atoms with Crippen LogP contribution in [0.4, 0.5) is 5.82 Å². The molecule has 2 heterocycles. The van der Waals surface area contributed by atoms with Gasteiger partial charge in [0.05, 0.1) is 12.7 Å². The van der Waals surface area contributed by atoms with E-state index in [1.54, 1.807) is 7.11 Å². The van der Waals surface area contributed by atoms with Gasteiger partial charge in [-0.2, -0.15) is 0 Å². The molecule has 1 aliphatic rings. The van der Waals surface area contributed by atoms with Crippen molar-refractivity contribution in [3.05, 3.63) is 23.9 Å². The van der Waals surface area contributed by atoms with Gasteiger partial charge >= 0.3 is 0 Å². The van der Waals surface area contributed by atoms with E-state index in [0.717, 1.165) is 38.4 Å². The highest BCUT2D eigenvalue weighted by atomic mass is 16.5. The van der Waals surface area contributed by atoms with Crippen LogP contribution in [0.2, 0.25) is 0 Å². The number of rotatable bonds is 6. The molecule has 21 heavy (non-hydrogen) atoms. The van der Waals surface area contributed by atoms with E-state index in [2.05, 4.69) is 33.8 Å². The number of aliphatic hydroxyl groups is 1. The monoisotopic (exact) mass is 293 g/mol. The fourth-order valence-electron chi connectivity index (χ4n) is 2.70. The SMILES string of the molecule is COCCN(C)c1ccc(CN2CC[C@@H](O)[C@@H](C)C2)cn1. The number of hydrogen-bond donors (Lipinski definition) is 1. The zero-order valence-corrected chi connectivity index (χ0v) is 13.3. The van der Waals surface area contributed by atoms with Crippen LogP contribution in [0.3, 0.4) is 0 Å². The number of likely N-dealkylation sites (tertiary alicyclic amines) is 1. The van der Waals surface area contributed by atoms with Gasteiger partial charge in [-0.05, 0) is 24.0 Å². The van der Waals surface area contributed by atoms with Gasteiger partial charge in [0.1, 0.15) is 5.82 Å². The number of anilines is 1. The summed E-state index contributed by atoms with van der Waals surface area (Å²) in [5.74, 6) is 1.32. The van der Waals surface area contributed by atoms with E-state index < -0.39 is 0 Å². The van der Waals surface area contributed by atoms with E-state index in [1.165, 1.54) is 5.56 Å². The quantitative estimate of drug-likeness (QED) is 0.858. The Kier molecular flexibility index (Phi) is 5.96. The smallest absolute Gasteiger partial charge is 0.128 e. The minimum absolute atomic E-state index is 0.142. The Morgan fingerprint density at radius 2 is 2.29 bits per heavy atom. The lowest BCUT2D eigenvalue weighted by atomic mass is 9.96. The first-order valence-electron chi connectivity index (χ1n) is 7.65. The number of hydrogen-bond acceptors (Lipinski definition) is 5. The second-order valence-corrected chi connectivity index (χ2v) is 6.01. The van der Waals surface area contributed by atoms with Crippen LogP contribution in [0, 0.1) is 5.92 Å². The highest BCUT2D eigenvalue weighted by Gasteiger charge is 2.23. The molecule has 118 valence electrons. The summed E-state index contributed by atoms with van der Waals surface area (Å²) in [6.45, 7) is 6.48. The molecule has 0 radical (unpaired) electrons. The molecule has 0 saturated carbocycles. The van der Waals surface area contributed by atoms with E-state index in [-0.39, 0.29) is 6.10 Å². The Morgan fingerprint density at radius 1 is 1.48 bits per heavy atom. The van der Waals surface area contributed by atoms with Gasteiger partial charge in [0.15, 0.2) is 0 Å². The van der Waals surface area contributed by atoms with Crippen molar-refractivity contribution in [2.75, 3.05) is 45.3 Å². The predicted octanol–water partition coefficient (Wildman–Crippen LogP) is 1.37. The van der Waals surface area contributed by atoms with Gasteiger partial charge in [-0.25, -0.2) is 4.98 Å². The zero-order valence-electron chi connectivity index (χ0n) is 13.3. The molecule has 0 aliphatic carbocycles. The highest BCUT2D eigenvalue weighted by Crippen LogP contribution is 2.19. The summed E-state index contributed by atoms with van der Waals surface area (Å²) in [5.41, 5.74) is 1.22. The van der Waals surface area contributed by atoms with Crippen molar-refractivity contribution in [1.29, 1.82) is 0 Å². The summed E-state index contributed by atoms with van der Waals surface area (Å²) in [5, 5.41) is 9.78. The predicted molar refractivity (Wildman–Crippen MR) is 84.4 cm³/mol. The fourth-order valence-corrected chi connectivity index (χ4v) is 2.70. The molecule has 1 N–H and O–H groups in total. The molecule has 1 saturated heterocycles. The molecule has 1 aliphatic heterocycles. The molecule has 0 unspecified atom stereocenters. The van der Waals surface area contributed by atoms with Gasteiger partial charge < -0.3 is 14.7 Å². The lowest BCUT2D eigenvalue weighted by Crippen LogP contribution is -2.41. The molecule has 5 nitrogen and oxygen atoms in total. The van der Waals surface area contributed by atoms with Crippen molar-refractivity contribution < 1.29 is 9.84 Å². The average molecular weight is 293 g/mol. The molecule has 2 atom stereocenters. The van der Waals surface area contributed by atoms with Gasteiger partial charge in [0, 0.05) is 46.5 Å². The molecule has 0 spiro atoms. The number of ether oxygens (including phenoxy) is 1. The molecule has 2 rings (SSSR count). The van der Waals surface area contributed by atoms with Crippen molar-refractivity contribution in [1.82, 2.24) is 9.88 Å². The first-order valence-corrected chi connectivity index (χ1v) is 7.65. The van der Waals surface area contributed by atoms with Crippen LogP contribution in [0.1, 0.15) is 18.9 Å². The number of nitrogens with zero attached hydrogens (tertiary/aromatic N) is 3. The standard InChI is InChI=1S/C16H27N3O2/c1-13-11-19(7-6-15(13)20)12-14-4-5-16(17-10-14)18(2)8-9-21-3/h4-5,10,13,15,20H,6-9,11-12H2,1-3H3/t13-,15+/m0/s1. The number of aliphatic hydroxyl groups excluding tert-OH is 1. The van der Waals surface area contributed by atoms with Crippen molar-refractivity contribution >= 4 is 5.82 Å². The Labute approximate surface area is 127 Å². The molecular formula is C16H27N3O2. The first-order chi connectivity index (χ1) is 10.1. The topological polar surface area (TPSA) is 48.8 Å². The summed E-state index contributed by atoms with van der Waals surface area (Å²) < 4.78 is 5.08. The van der Waals surface area contributed by atoms with E-state index >= 15 is 0 Å². The maximum Gasteiger partial charge on any atom is 0.128 e. The Balaban J connectivity index is 1.87. The number of methoxy groups -OCH3 is 1. The van der Waals surface area contributed by atoms with Crippen molar-refractivity contribution in [2.24, 2.45) is 5.92 Å². The molecular weight excluding hydrogens is 266 g/mol. The van der Waals surface area contributed by atoms with Crippen LogP contribution >= 0.6 is 0 Å². The third-order valence-corrected chi connectivity index (χ3v) is 4.18. The first kappa shape index (κ1) is 16.2. The van der Waals surface area contributed by atoms with E-state index in [4.69, 9.17) is 4.74 Å². The van der Waals surface area contributed by atoms with Crippen LogP contribution in [0.15, 0.2) is 18.3 Å². The third-order valence-electron chi connectivity index (χ3n) is 4.18. The molecule has 1 aromatic heterocycles. The van der Waals surface area contributed by atoms with Crippen LogP contribution in [-0.4, -0.2) is 61.5 Å². The van der Waals surface area contributed by atoms with Gasteiger partial charge in [-0.15, -0.1) is 0 Å². The fraction of sp³-hybridized carbons (Fsp3) is 0.688. The largest absolute Gasteiger partial charge is 0.393 e. The van der Waals surface area contributed by atoms with Crippen LogP contribution in [0.5, 0.6) is 0 Å². The Morgan fingerprint density at radius 3 is 2.90 bits per heavy atom. The second kappa shape index (κ2) is 7.73. The number of aromatic nitrogens is 1. The number of pyridine rings is 1. The van der Waals surface area contributed by atoms with E-state index in [0.29, 0.717) is 12.5 Å². The molecule has 0 aromatic carbocycles. The van der Waals surface area contributed by atoms with E-state index in [9.17, 15) is 5.11 Å². The molecule has 0 amide bonds. The number of likely N-dealkylation sites (N-methyl/N-ethyl adjacent to an activating group) is 1. The molecule has 0 bridgehead atoms. The molecule has 1 aromatic rings. The highest BCUT2D eigenvalue weighted by molar-refractivity contribution is 5.38. The van der Waals surface area contributed by atoms with Crippen molar-refractivity contribution in [3.63, 3.8) is 0 Å². The minimum Gasteiger partial charge on any atom is -0.393 e. The average Bonchev–Trinajstić information content (AvgIpc) is 2.49. The van der Waals surface area contributed by atoms with Crippen LogP contribution in [0.25, 0.3) is 0 Å². The Bertz CT molecular complexity index is 424. The maximum absolute atomic E-state index is 9.78. The van der Waals surface area contributed by atoms with Crippen molar-refractivity contribution in [2.45, 2.75) is 26.0 Å². The summed E-state index contributed by atoms with van der Waals surface area (Å²) in [6, 6.07) is 4.20. The third kappa shape index (κ3) is 4.66. The molecule has 5 heteroatoms. The zero-order chi connectivity index (χ0) is 15.2.